The van der Waals surface area contributed by atoms with Gasteiger partial charge in [-0.2, -0.15) is 5.10 Å². The number of fused-ring (bicyclic) bond motifs is 1. The Morgan fingerprint density at radius 2 is 1.93 bits per heavy atom. The van der Waals surface area contributed by atoms with E-state index in [9.17, 15) is 12.8 Å². The molecule has 0 aliphatic carbocycles. The maximum atomic E-state index is 13.2. The first kappa shape index (κ1) is 18.9. The van der Waals surface area contributed by atoms with Crippen LogP contribution in [0.2, 0.25) is 0 Å². The summed E-state index contributed by atoms with van der Waals surface area (Å²) in [5.74, 6) is -0.277. The number of likely N-dealkylation sites (N-methyl/N-ethyl adjacent to an activating group) is 1. The van der Waals surface area contributed by atoms with E-state index in [1.54, 1.807) is 30.1 Å². The third-order valence-corrected chi connectivity index (χ3v) is 6.84. The second-order valence-corrected chi connectivity index (χ2v) is 9.44. The number of aryl methyl sites for hydroxylation is 1. The van der Waals surface area contributed by atoms with Crippen molar-refractivity contribution >= 4 is 26.6 Å². The molecular weight excluding hydrogens is 379 g/mol. The summed E-state index contributed by atoms with van der Waals surface area (Å²) in [6.07, 6.45) is 3.85. The number of aromatic nitrogens is 2. The molecule has 0 bridgehead atoms. The Balaban J connectivity index is 1.65. The van der Waals surface area contributed by atoms with Gasteiger partial charge in [0.1, 0.15) is 5.82 Å². The van der Waals surface area contributed by atoms with Crippen LogP contribution < -0.4 is 4.90 Å². The van der Waals surface area contributed by atoms with E-state index in [0.29, 0.717) is 6.54 Å². The van der Waals surface area contributed by atoms with Crippen LogP contribution in [0.3, 0.4) is 0 Å². The summed E-state index contributed by atoms with van der Waals surface area (Å²) in [6, 6.07) is 10.4. The lowest BCUT2D eigenvalue weighted by Gasteiger charge is -2.24. The molecule has 1 fully saturated rings. The van der Waals surface area contributed by atoms with Gasteiger partial charge >= 0.3 is 0 Å². The van der Waals surface area contributed by atoms with E-state index in [1.165, 1.54) is 22.7 Å². The van der Waals surface area contributed by atoms with E-state index in [4.69, 9.17) is 0 Å². The monoisotopic (exact) mass is 402 g/mol. The van der Waals surface area contributed by atoms with Crippen molar-refractivity contribution < 1.29 is 12.8 Å². The molecule has 0 spiro atoms. The molecule has 0 radical (unpaired) electrons. The van der Waals surface area contributed by atoms with Crippen molar-refractivity contribution in [1.82, 2.24) is 14.1 Å². The number of nitrogens with zero attached hydrogens (tertiary/aromatic N) is 4. The molecule has 1 aliphatic rings. The van der Waals surface area contributed by atoms with Crippen LogP contribution in [0.4, 0.5) is 10.1 Å². The van der Waals surface area contributed by atoms with Crippen LogP contribution in [-0.2, 0) is 10.0 Å². The molecule has 1 aliphatic heterocycles. The highest BCUT2D eigenvalue weighted by atomic mass is 32.2. The van der Waals surface area contributed by atoms with Gasteiger partial charge in [0, 0.05) is 37.3 Å². The Bertz CT molecular complexity index is 1130. The Hall–Kier alpha value is -2.45. The topological polar surface area (TPSA) is 58.4 Å². The summed E-state index contributed by atoms with van der Waals surface area (Å²) in [4.78, 5) is 2.23. The van der Waals surface area contributed by atoms with Crippen molar-refractivity contribution in [3.8, 4) is 5.69 Å². The number of anilines is 1. The summed E-state index contributed by atoms with van der Waals surface area (Å²) in [5, 5.41) is 5.46. The van der Waals surface area contributed by atoms with Crippen molar-refractivity contribution in [2.75, 3.05) is 31.3 Å². The first-order chi connectivity index (χ1) is 13.2. The summed E-state index contributed by atoms with van der Waals surface area (Å²) in [7, 11) is -1.56. The van der Waals surface area contributed by atoms with Crippen molar-refractivity contribution in [2.24, 2.45) is 0 Å². The molecule has 0 N–H and O–H groups in total. The van der Waals surface area contributed by atoms with E-state index in [0.717, 1.165) is 40.8 Å². The van der Waals surface area contributed by atoms with E-state index in [-0.39, 0.29) is 11.9 Å². The molecule has 0 saturated carbocycles. The molecule has 1 atom stereocenters. The smallest absolute Gasteiger partial charge is 0.211 e. The molecule has 8 heteroatoms. The predicted molar refractivity (Wildman–Crippen MR) is 109 cm³/mol. The third kappa shape index (κ3) is 3.38. The van der Waals surface area contributed by atoms with Crippen LogP contribution in [0.25, 0.3) is 16.6 Å². The molecule has 0 unspecified atom stereocenters. The van der Waals surface area contributed by atoms with Gasteiger partial charge in [-0.1, -0.05) is 0 Å². The molecule has 6 nitrogen and oxygen atoms in total. The van der Waals surface area contributed by atoms with Gasteiger partial charge in [0.15, 0.2) is 0 Å². The Morgan fingerprint density at radius 1 is 1.21 bits per heavy atom. The van der Waals surface area contributed by atoms with Gasteiger partial charge in [0.25, 0.3) is 0 Å². The summed E-state index contributed by atoms with van der Waals surface area (Å²) in [6.45, 7) is 3.52. The molecule has 1 aromatic heterocycles. The molecule has 3 aromatic rings. The van der Waals surface area contributed by atoms with Crippen molar-refractivity contribution in [1.29, 1.82) is 0 Å². The van der Waals surface area contributed by atoms with Gasteiger partial charge in [-0.05, 0) is 55.3 Å². The summed E-state index contributed by atoms with van der Waals surface area (Å²) in [5.41, 5.74) is 3.95. The lowest BCUT2D eigenvalue weighted by molar-refractivity contribution is 0.393. The number of sulfonamides is 1. The maximum absolute atomic E-state index is 13.2. The number of hydrogen-bond donors (Lipinski definition) is 0. The number of halogens is 1. The van der Waals surface area contributed by atoms with E-state index in [1.807, 2.05) is 6.92 Å². The SMILES string of the molecule is Cc1cc2c(cnn2-c2ccc(F)cc2)cc1N1CC[C@H](N(C)S(C)(=O)=O)C1. The zero-order valence-electron chi connectivity index (χ0n) is 16.1. The highest BCUT2D eigenvalue weighted by molar-refractivity contribution is 7.88. The van der Waals surface area contributed by atoms with Crippen molar-refractivity contribution in [2.45, 2.75) is 19.4 Å². The minimum absolute atomic E-state index is 0.0213. The highest BCUT2D eigenvalue weighted by Gasteiger charge is 2.31. The quantitative estimate of drug-likeness (QED) is 0.673. The van der Waals surface area contributed by atoms with Gasteiger partial charge in [-0.15, -0.1) is 0 Å². The van der Waals surface area contributed by atoms with Crippen LogP contribution in [0.5, 0.6) is 0 Å². The molecular formula is C20H23FN4O2S. The van der Waals surface area contributed by atoms with E-state index < -0.39 is 10.0 Å². The zero-order valence-corrected chi connectivity index (χ0v) is 16.9. The fraction of sp³-hybridized carbons (Fsp3) is 0.350. The second kappa shape index (κ2) is 6.86. The highest BCUT2D eigenvalue weighted by Crippen LogP contribution is 2.31. The van der Waals surface area contributed by atoms with E-state index in [2.05, 4.69) is 22.1 Å². The van der Waals surface area contributed by atoms with Crippen LogP contribution >= 0.6 is 0 Å². The summed E-state index contributed by atoms with van der Waals surface area (Å²) < 4.78 is 40.2. The Kier molecular flexibility index (Phi) is 4.63. The Morgan fingerprint density at radius 3 is 2.61 bits per heavy atom. The fourth-order valence-electron chi connectivity index (χ4n) is 3.82. The standard InChI is InChI=1S/C20H23FN4O2S/c1-14-10-20-15(12-22-25(20)17-6-4-16(21)5-7-17)11-19(14)24-9-8-18(13-24)23(2)28(3,26)27/h4-7,10-12,18H,8-9,13H2,1-3H3/t18-/m0/s1. The Labute approximate surface area is 164 Å². The predicted octanol–water partition coefficient (Wildman–Crippen LogP) is 2.94. The van der Waals surface area contributed by atoms with Crippen LogP contribution in [0.15, 0.2) is 42.6 Å². The first-order valence-electron chi connectivity index (χ1n) is 9.16. The minimum Gasteiger partial charge on any atom is -0.370 e. The molecule has 1 saturated heterocycles. The molecule has 0 amide bonds. The molecule has 2 heterocycles. The lowest BCUT2D eigenvalue weighted by Crippen LogP contribution is -2.38. The maximum Gasteiger partial charge on any atom is 0.211 e. The van der Waals surface area contributed by atoms with Gasteiger partial charge in [0.05, 0.1) is 23.7 Å². The lowest BCUT2D eigenvalue weighted by atomic mass is 10.1. The summed E-state index contributed by atoms with van der Waals surface area (Å²) >= 11 is 0. The first-order valence-corrected chi connectivity index (χ1v) is 11.0. The third-order valence-electron chi connectivity index (χ3n) is 5.50. The normalized spacial score (nSPS) is 17.8. The average molecular weight is 402 g/mol. The van der Waals surface area contributed by atoms with Crippen molar-refractivity contribution in [3.05, 3.63) is 54.0 Å². The van der Waals surface area contributed by atoms with E-state index >= 15 is 0 Å². The van der Waals surface area contributed by atoms with Crippen molar-refractivity contribution in [3.63, 3.8) is 0 Å². The second-order valence-electron chi connectivity index (χ2n) is 7.40. The van der Waals surface area contributed by atoms with Crippen LogP contribution in [0, 0.1) is 12.7 Å². The van der Waals surface area contributed by atoms with Crippen LogP contribution in [-0.4, -0.2) is 54.9 Å². The fourth-order valence-corrected chi connectivity index (χ4v) is 4.54. The molecule has 28 heavy (non-hydrogen) atoms. The molecule has 2 aromatic carbocycles. The molecule has 148 valence electrons. The van der Waals surface area contributed by atoms with Crippen LogP contribution in [0.1, 0.15) is 12.0 Å². The van der Waals surface area contributed by atoms with Gasteiger partial charge in [-0.3, -0.25) is 0 Å². The number of benzene rings is 2. The van der Waals surface area contributed by atoms with Gasteiger partial charge < -0.3 is 4.90 Å². The van der Waals surface area contributed by atoms with Gasteiger partial charge in [-0.25, -0.2) is 21.8 Å². The molecule has 4 rings (SSSR count). The van der Waals surface area contributed by atoms with Gasteiger partial charge in [0.2, 0.25) is 10.0 Å². The number of hydrogen-bond acceptors (Lipinski definition) is 4. The average Bonchev–Trinajstić information content (AvgIpc) is 3.27. The number of rotatable bonds is 4. The minimum atomic E-state index is -3.20. The zero-order chi connectivity index (χ0) is 20.1. The largest absolute Gasteiger partial charge is 0.370 e.